The van der Waals surface area contributed by atoms with E-state index >= 15 is 0 Å². The van der Waals surface area contributed by atoms with Crippen molar-refractivity contribution < 1.29 is 13.2 Å². The topological polar surface area (TPSA) is 81.1 Å². The van der Waals surface area contributed by atoms with Crippen molar-refractivity contribution in [3.63, 3.8) is 0 Å². The lowest BCUT2D eigenvalue weighted by Gasteiger charge is -2.10. The Morgan fingerprint density at radius 3 is 2.81 bits per heavy atom. The van der Waals surface area contributed by atoms with Crippen LogP contribution < -0.4 is 5.32 Å². The summed E-state index contributed by atoms with van der Waals surface area (Å²) in [5.74, 6) is -0.220. The smallest absolute Gasteiger partial charge is 0.256 e. The van der Waals surface area contributed by atoms with Gasteiger partial charge < -0.3 is 5.32 Å². The SMILES string of the molecule is CCCCn1nc(C)c(C(=O)NC2CCS(=O)(=O)C2)c1Cl. The summed E-state index contributed by atoms with van der Waals surface area (Å²) in [5, 5.41) is 7.34. The van der Waals surface area contributed by atoms with Crippen LogP contribution in [0, 0.1) is 6.92 Å². The lowest BCUT2D eigenvalue weighted by molar-refractivity contribution is 0.0940. The molecule has 1 saturated heterocycles. The zero-order chi connectivity index (χ0) is 15.6. The molecule has 1 N–H and O–H groups in total. The molecule has 1 aliphatic rings. The van der Waals surface area contributed by atoms with E-state index in [2.05, 4.69) is 17.3 Å². The number of amides is 1. The molecule has 0 radical (unpaired) electrons. The number of aryl methyl sites for hydroxylation is 2. The molecule has 21 heavy (non-hydrogen) atoms. The van der Waals surface area contributed by atoms with Crippen molar-refractivity contribution in [3.8, 4) is 0 Å². The molecule has 118 valence electrons. The second-order valence-electron chi connectivity index (χ2n) is 5.40. The maximum atomic E-state index is 12.3. The molecule has 0 bridgehead atoms. The van der Waals surface area contributed by atoms with Gasteiger partial charge in [0.25, 0.3) is 5.91 Å². The average Bonchev–Trinajstić information content (AvgIpc) is 2.86. The normalized spacial score (nSPS) is 20.6. The molecule has 1 unspecified atom stereocenters. The van der Waals surface area contributed by atoms with Crippen molar-refractivity contribution in [1.82, 2.24) is 15.1 Å². The fourth-order valence-electron chi connectivity index (χ4n) is 2.43. The van der Waals surface area contributed by atoms with E-state index in [4.69, 9.17) is 11.6 Å². The van der Waals surface area contributed by atoms with Crippen molar-refractivity contribution in [2.75, 3.05) is 11.5 Å². The van der Waals surface area contributed by atoms with Crippen LogP contribution in [-0.4, -0.2) is 41.7 Å². The largest absolute Gasteiger partial charge is 0.348 e. The Kier molecular flexibility index (Phi) is 4.93. The molecular formula is C13H20ClN3O3S. The van der Waals surface area contributed by atoms with E-state index < -0.39 is 9.84 Å². The lowest BCUT2D eigenvalue weighted by Crippen LogP contribution is -2.35. The van der Waals surface area contributed by atoms with E-state index in [0.29, 0.717) is 29.4 Å². The molecule has 1 aromatic heterocycles. The molecule has 0 aliphatic carbocycles. The van der Waals surface area contributed by atoms with Crippen LogP contribution in [0.1, 0.15) is 42.2 Å². The van der Waals surface area contributed by atoms with E-state index in [0.717, 1.165) is 12.8 Å². The molecular weight excluding hydrogens is 314 g/mol. The van der Waals surface area contributed by atoms with E-state index in [1.807, 2.05) is 0 Å². The first-order valence-corrected chi connectivity index (χ1v) is 9.28. The number of aromatic nitrogens is 2. The number of halogens is 1. The van der Waals surface area contributed by atoms with Crippen LogP contribution in [0.25, 0.3) is 0 Å². The lowest BCUT2D eigenvalue weighted by atomic mass is 10.2. The van der Waals surface area contributed by atoms with Crippen LogP contribution in [0.3, 0.4) is 0 Å². The highest BCUT2D eigenvalue weighted by Gasteiger charge is 2.30. The standard InChI is InChI=1S/C13H20ClN3O3S/c1-3-4-6-17-12(14)11(9(2)16-17)13(18)15-10-5-7-21(19,20)8-10/h10H,3-8H2,1-2H3,(H,15,18). The predicted octanol–water partition coefficient (Wildman–Crippen LogP) is 1.56. The minimum absolute atomic E-state index is 0.000617. The van der Waals surface area contributed by atoms with Gasteiger partial charge in [-0.25, -0.2) is 8.42 Å². The van der Waals surface area contributed by atoms with E-state index in [9.17, 15) is 13.2 Å². The Morgan fingerprint density at radius 2 is 2.24 bits per heavy atom. The molecule has 1 fully saturated rings. The first-order valence-electron chi connectivity index (χ1n) is 7.08. The number of hydrogen-bond donors (Lipinski definition) is 1. The Bertz CT molecular complexity index is 639. The number of hydrogen-bond acceptors (Lipinski definition) is 4. The summed E-state index contributed by atoms with van der Waals surface area (Å²) in [7, 11) is -3.02. The van der Waals surface area contributed by atoms with E-state index in [1.165, 1.54) is 0 Å². The van der Waals surface area contributed by atoms with Gasteiger partial charge in [0.05, 0.1) is 22.8 Å². The summed E-state index contributed by atoms with van der Waals surface area (Å²) in [6.45, 7) is 4.47. The van der Waals surface area contributed by atoms with Crippen LogP contribution in [0.15, 0.2) is 0 Å². The number of nitrogens with zero attached hydrogens (tertiary/aromatic N) is 2. The molecule has 8 heteroatoms. The first-order chi connectivity index (χ1) is 9.84. The maximum Gasteiger partial charge on any atom is 0.256 e. The third kappa shape index (κ3) is 3.77. The van der Waals surface area contributed by atoms with Crippen LogP contribution in [0.2, 0.25) is 5.15 Å². The minimum atomic E-state index is -3.02. The molecule has 1 aromatic rings. The summed E-state index contributed by atoms with van der Waals surface area (Å²) in [6.07, 6.45) is 2.40. The maximum absolute atomic E-state index is 12.3. The van der Waals surface area contributed by atoms with Gasteiger partial charge in [-0.3, -0.25) is 9.48 Å². The summed E-state index contributed by atoms with van der Waals surface area (Å²) in [4.78, 5) is 12.3. The highest BCUT2D eigenvalue weighted by molar-refractivity contribution is 7.91. The highest BCUT2D eigenvalue weighted by atomic mass is 35.5. The van der Waals surface area contributed by atoms with Crippen LogP contribution in [0.5, 0.6) is 0 Å². The number of sulfone groups is 1. The molecule has 1 atom stereocenters. The molecule has 0 saturated carbocycles. The quantitative estimate of drug-likeness (QED) is 0.886. The monoisotopic (exact) mass is 333 g/mol. The third-order valence-corrected chi connectivity index (χ3v) is 5.74. The van der Waals surface area contributed by atoms with Crippen LogP contribution >= 0.6 is 11.6 Å². The van der Waals surface area contributed by atoms with Crippen molar-refractivity contribution >= 4 is 27.3 Å². The fourth-order valence-corrected chi connectivity index (χ4v) is 4.45. The number of rotatable bonds is 5. The van der Waals surface area contributed by atoms with Gasteiger partial charge in [-0.2, -0.15) is 5.10 Å². The molecule has 2 heterocycles. The summed E-state index contributed by atoms with van der Waals surface area (Å²) in [5.41, 5.74) is 0.909. The summed E-state index contributed by atoms with van der Waals surface area (Å²) in [6, 6.07) is -0.336. The number of unbranched alkanes of at least 4 members (excludes halogenated alkanes) is 1. The van der Waals surface area contributed by atoms with E-state index in [-0.39, 0.29) is 23.5 Å². The average molecular weight is 334 g/mol. The van der Waals surface area contributed by atoms with Gasteiger partial charge in [-0.15, -0.1) is 0 Å². The predicted molar refractivity (Wildman–Crippen MR) is 81.4 cm³/mol. The molecule has 0 aromatic carbocycles. The van der Waals surface area contributed by atoms with Crippen molar-refractivity contribution in [2.45, 2.75) is 45.7 Å². The number of nitrogens with one attached hydrogen (secondary N) is 1. The van der Waals surface area contributed by atoms with Crippen molar-refractivity contribution in [3.05, 3.63) is 16.4 Å². The van der Waals surface area contributed by atoms with Gasteiger partial charge in [0.1, 0.15) is 5.15 Å². The first kappa shape index (κ1) is 16.3. The molecule has 6 nitrogen and oxygen atoms in total. The Balaban J connectivity index is 2.11. The minimum Gasteiger partial charge on any atom is -0.348 e. The Morgan fingerprint density at radius 1 is 1.52 bits per heavy atom. The second-order valence-corrected chi connectivity index (χ2v) is 7.99. The zero-order valence-electron chi connectivity index (χ0n) is 12.2. The number of carbonyl (C=O) groups is 1. The van der Waals surface area contributed by atoms with Crippen molar-refractivity contribution in [1.29, 1.82) is 0 Å². The van der Waals surface area contributed by atoms with Gasteiger partial charge in [0.15, 0.2) is 9.84 Å². The van der Waals surface area contributed by atoms with Gasteiger partial charge in [-0.1, -0.05) is 24.9 Å². The van der Waals surface area contributed by atoms with E-state index in [1.54, 1.807) is 11.6 Å². The Hall–Kier alpha value is -1.08. The molecule has 1 aliphatic heterocycles. The van der Waals surface area contributed by atoms with Gasteiger partial charge >= 0.3 is 0 Å². The zero-order valence-corrected chi connectivity index (χ0v) is 13.8. The van der Waals surface area contributed by atoms with Gasteiger partial charge in [0.2, 0.25) is 0 Å². The van der Waals surface area contributed by atoms with Crippen molar-refractivity contribution in [2.24, 2.45) is 0 Å². The molecule has 0 spiro atoms. The fraction of sp³-hybridized carbons (Fsp3) is 0.692. The second kappa shape index (κ2) is 6.36. The van der Waals surface area contributed by atoms with Gasteiger partial charge in [0, 0.05) is 12.6 Å². The molecule has 1 amide bonds. The highest BCUT2D eigenvalue weighted by Crippen LogP contribution is 2.21. The van der Waals surface area contributed by atoms with Crippen LogP contribution in [0.4, 0.5) is 0 Å². The summed E-state index contributed by atoms with van der Waals surface area (Å²) < 4.78 is 24.5. The molecule has 2 rings (SSSR count). The number of carbonyl (C=O) groups excluding carboxylic acids is 1. The summed E-state index contributed by atoms with van der Waals surface area (Å²) >= 11 is 6.22. The van der Waals surface area contributed by atoms with Gasteiger partial charge in [-0.05, 0) is 19.8 Å². The Labute approximate surface area is 129 Å². The third-order valence-electron chi connectivity index (χ3n) is 3.58. The van der Waals surface area contributed by atoms with Crippen LogP contribution in [-0.2, 0) is 16.4 Å².